The van der Waals surface area contributed by atoms with Gasteiger partial charge in [0, 0.05) is 42.6 Å². The predicted molar refractivity (Wildman–Crippen MR) is 86.3 cm³/mol. The molecule has 1 aliphatic heterocycles. The number of hydrogen-bond donors (Lipinski definition) is 1. The number of rotatable bonds is 5. The molecule has 0 spiro atoms. The van der Waals surface area contributed by atoms with E-state index in [4.69, 9.17) is 10.5 Å². The number of nitrogens with zero attached hydrogens (tertiary/aromatic N) is 1. The molecule has 3 nitrogen and oxygen atoms in total. The number of hydrogen-bond acceptors (Lipinski definition) is 4. The zero-order chi connectivity index (χ0) is 14.7. The van der Waals surface area contributed by atoms with Crippen LogP contribution in [0.5, 0.6) is 0 Å². The highest BCUT2D eigenvalue weighted by atomic mass is 32.1. The third-order valence-corrected chi connectivity index (χ3v) is 6.89. The molecule has 4 rings (SSSR count). The average molecular weight is 306 g/mol. The topological polar surface area (TPSA) is 38.5 Å². The van der Waals surface area contributed by atoms with Gasteiger partial charge in [-0.3, -0.25) is 4.90 Å². The second kappa shape index (κ2) is 4.79. The summed E-state index contributed by atoms with van der Waals surface area (Å²) >= 11 is 1.79. The molecule has 3 aliphatic rings. The molecule has 1 aromatic rings. The van der Waals surface area contributed by atoms with Crippen LogP contribution >= 0.6 is 11.3 Å². The molecular weight excluding hydrogens is 280 g/mol. The van der Waals surface area contributed by atoms with Gasteiger partial charge in [-0.1, -0.05) is 13.8 Å². The maximum atomic E-state index is 6.94. The molecule has 2 heterocycles. The fourth-order valence-electron chi connectivity index (χ4n) is 4.50. The zero-order valence-corrected chi connectivity index (χ0v) is 13.9. The van der Waals surface area contributed by atoms with E-state index in [0.717, 1.165) is 32.2 Å². The minimum Gasteiger partial charge on any atom is -0.377 e. The van der Waals surface area contributed by atoms with Crippen molar-refractivity contribution in [2.24, 2.45) is 17.1 Å². The Bertz CT molecular complexity index is 511. The average Bonchev–Trinajstić information content (AvgIpc) is 2.98. The van der Waals surface area contributed by atoms with Crippen LogP contribution in [-0.4, -0.2) is 35.7 Å². The standard InChI is InChI=1S/C17H26N2OS/c1-16(2)15-14(5-7-20-15)17(16,18)11-19(13-3-4-13)9-12-6-8-21-10-12/h6,8,10,13-15H,3-5,7,9,11,18H2,1-2H3. The molecule has 2 saturated carbocycles. The Morgan fingerprint density at radius 3 is 2.86 bits per heavy atom. The molecule has 0 amide bonds. The van der Waals surface area contributed by atoms with Gasteiger partial charge in [-0.15, -0.1) is 0 Å². The van der Waals surface area contributed by atoms with E-state index in [-0.39, 0.29) is 11.0 Å². The van der Waals surface area contributed by atoms with Crippen LogP contribution in [0.2, 0.25) is 0 Å². The number of fused-ring (bicyclic) bond motifs is 1. The van der Waals surface area contributed by atoms with Crippen LogP contribution in [0.15, 0.2) is 16.8 Å². The lowest BCUT2D eigenvalue weighted by molar-refractivity contribution is -0.164. The highest BCUT2D eigenvalue weighted by Gasteiger charge is 2.68. The molecule has 2 aliphatic carbocycles. The fraction of sp³-hybridized carbons (Fsp3) is 0.765. The Hall–Kier alpha value is -0.420. The molecular formula is C17H26N2OS. The molecule has 0 radical (unpaired) electrons. The van der Waals surface area contributed by atoms with Gasteiger partial charge in [-0.05, 0) is 41.7 Å². The van der Waals surface area contributed by atoms with Gasteiger partial charge >= 0.3 is 0 Å². The van der Waals surface area contributed by atoms with Crippen LogP contribution in [0.3, 0.4) is 0 Å². The molecule has 21 heavy (non-hydrogen) atoms. The van der Waals surface area contributed by atoms with Crippen LogP contribution < -0.4 is 5.73 Å². The summed E-state index contributed by atoms with van der Waals surface area (Å²) in [5.41, 5.74) is 8.38. The maximum Gasteiger partial charge on any atom is 0.0691 e. The Morgan fingerprint density at radius 2 is 2.19 bits per heavy atom. The summed E-state index contributed by atoms with van der Waals surface area (Å²) in [5, 5.41) is 4.44. The molecule has 116 valence electrons. The van der Waals surface area contributed by atoms with Crippen molar-refractivity contribution >= 4 is 11.3 Å². The van der Waals surface area contributed by atoms with Crippen molar-refractivity contribution in [3.05, 3.63) is 22.4 Å². The van der Waals surface area contributed by atoms with Gasteiger partial charge in [0.1, 0.15) is 0 Å². The highest BCUT2D eigenvalue weighted by molar-refractivity contribution is 7.07. The monoisotopic (exact) mass is 306 g/mol. The summed E-state index contributed by atoms with van der Waals surface area (Å²) < 4.78 is 5.93. The van der Waals surface area contributed by atoms with E-state index in [9.17, 15) is 0 Å². The van der Waals surface area contributed by atoms with Gasteiger partial charge in [-0.25, -0.2) is 0 Å². The van der Waals surface area contributed by atoms with Crippen molar-refractivity contribution in [3.63, 3.8) is 0 Å². The minimum atomic E-state index is -0.0905. The number of ether oxygens (including phenoxy) is 1. The van der Waals surface area contributed by atoms with E-state index in [1.165, 1.54) is 18.4 Å². The molecule has 1 aromatic heterocycles. The zero-order valence-electron chi connectivity index (χ0n) is 13.0. The largest absolute Gasteiger partial charge is 0.377 e. The molecule has 0 bridgehead atoms. The first-order valence-electron chi connectivity index (χ1n) is 8.18. The third-order valence-electron chi connectivity index (χ3n) is 6.16. The second-order valence-corrected chi connectivity index (χ2v) is 8.50. The van der Waals surface area contributed by atoms with Crippen molar-refractivity contribution < 1.29 is 4.74 Å². The Balaban J connectivity index is 1.52. The second-order valence-electron chi connectivity index (χ2n) is 7.72. The van der Waals surface area contributed by atoms with Gasteiger partial charge in [-0.2, -0.15) is 11.3 Å². The van der Waals surface area contributed by atoms with Gasteiger partial charge in [0.05, 0.1) is 6.10 Å². The van der Waals surface area contributed by atoms with Gasteiger partial charge < -0.3 is 10.5 Å². The summed E-state index contributed by atoms with van der Waals surface area (Å²) in [6, 6.07) is 3.00. The summed E-state index contributed by atoms with van der Waals surface area (Å²) in [4.78, 5) is 2.64. The molecule has 4 heteroatoms. The van der Waals surface area contributed by atoms with E-state index in [2.05, 4.69) is 35.6 Å². The molecule has 3 unspecified atom stereocenters. The summed E-state index contributed by atoms with van der Waals surface area (Å²) in [5.74, 6) is 0.552. The predicted octanol–water partition coefficient (Wildman–Crippen LogP) is 2.85. The smallest absolute Gasteiger partial charge is 0.0691 e. The Kier molecular flexibility index (Phi) is 3.23. The Labute approximate surface area is 131 Å². The summed E-state index contributed by atoms with van der Waals surface area (Å²) in [6.07, 6.45) is 4.20. The number of nitrogens with two attached hydrogens (primary N) is 1. The third kappa shape index (κ3) is 2.11. The van der Waals surface area contributed by atoms with Crippen LogP contribution in [0.25, 0.3) is 0 Å². The normalized spacial score (nSPS) is 37.5. The van der Waals surface area contributed by atoms with E-state index in [0.29, 0.717) is 12.0 Å². The van der Waals surface area contributed by atoms with Gasteiger partial charge in [0.25, 0.3) is 0 Å². The van der Waals surface area contributed by atoms with Gasteiger partial charge in [0.15, 0.2) is 0 Å². The highest BCUT2D eigenvalue weighted by Crippen LogP contribution is 2.58. The lowest BCUT2D eigenvalue weighted by Gasteiger charge is -2.63. The molecule has 0 aromatic carbocycles. The SMILES string of the molecule is CC1(C)C2OCCC2C1(N)CN(Cc1ccsc1)C1CC1. The van der Waals surface area contributed by atoms with Crippen LogP contribution in [0.1, 0.15) is 38.7 Å². The molecule has 1 saturated heterocycles. The van der Waals surface area contributed by atoms with Crippen LogP contribution in [-0.2, 0) is 11.3 Å². The van der Waals surface area contributed by atoms with E-state index < -0.39 is 0 Å². The number of thiophene rings is 1. The fourth-order valence-corrected chi connectivity index (χ4v) is 5.16. The molecule has 2 N–H and O–H groups in total. The quantitative estimate of drug-likeness (QED) is 0.909. The van der Waals surface area contributed by atoms with E-state index in [1.54, 1.807) is 11.3 Å². The van der Waals surface area contributed by atoms with E-state index >= 15 is 0 Å². The van der Waals surface area contributed by atoms with Crippen molar-refractivity contribution in [1.82, 2.24) is 4.90 Å². The van der Waals surface area contributed by atoms with Crippen molar-refractivity contribution in [2.75, 3.05) is 13.2 Å². The minimum absolute atomic E-state index is 0.0905. The summed E-state index contributed by atoms with van der Waals surface area (Å²) in [7, 11) is 0. The van der Waals surface area contributed by atoms with E-state index in [1.807, 2.05) is 0 Å². The maximum absolute atomic E-state index is 6.94. The van der Waals surface area contributed by atoms with Gasteiger partial charge in [0.2, 0.25) is 0 Å². The lowest BCUT2D eigenvalue weighted by atomic mass is 9.48. The van der Waals surface area contributed by atoms with Crippen LogP contribution in [0, 0.1) is 11.3 Å². The molecule has 3 atom stereocenters. The van der Waals surface area contributed by atoms with Crippen molar-refractivity contribution in [3.8, 4) is 0 Å². The van der Waals surface area contributed by atoms with Crippen LogP contribution in [0.4, 0.5) is 0 Å². The Morgan fingerprint density at radius 1 is 1.38 bits per heavy atom. The summed E-state index contributed by atoms with van der Waals surface area (Å²) in [6.45, 7) is 7.57. The first-order valence-corrected chi connectivity index (χ1v) is 9.12. The first-order chi connectivity index (χ1) is 10.0. The molecule has 3 fully saturated rings. The van der Waals surface area contributed by atoms with Crippen molar-refractivity contribution in [2.45, 2.75) is 57.3 Å². The first kappa shape index (κ1) is 14.2. The van der Waals surface area contributed by atoms with Crippen molar-refractivity contribution in [1.29, 1.82) is 0 Å². The lowest BCUT2D eigenvalue weighted by Crippen LogP contribution is -2.78.